The maximum Gasteiger partial charge on any atom is 0.228 e. The van der Waals surface area contributed by atoms with Crippen LogP contribution in [0, 0.1) is 0 Å². The highest BCUT2D eigenvalue weighted by Gasteiger charge is 2.23. The second-order valence-electron chi connectivity index (χ2n) is 3.94. The highest BCUT2D eigenvalue weighted by Crippen LogP contribution is 2.33. The predicted molar refractivity (Wildman–Crippen MR) is 65.0 cm³/mol. The Hall–Kier alpha value is -1.81. The van der Waals surface area contributed by atoms with Crippen molar-refractivity contribution >= 4 is 23.2 Å². The van der Waals surface area contributed by atoms with Crippen molar-refractivity contribution in [2.75, 3.05) is 5.32 Å². The van der Waals surface area contributed by atoms with Gasteiger partial charge in [0.25, 0.3) is 0 Å². The molecule has 4 nitrogen and oxygen atoms in total. The lowest BCUT2D eigenvalue weighted by Gasteiger charge is -2.14. The summed E-state index contributed by atoms with van der Waals surface area (Å²) in [4.78, 5) is 15.4. The van der Waals surface area contributed by atoms with Gasteiger partial charge in [-0.05, 0) is 17.2 Å². The summed E-state index contributed by atoms with van der Waals surface area (Å²) in [6.45, 7) is 0. The van der Waals surface area contributed by atoms with Crippen LogP contribution in [0.5, 0.6) is 0 Å². The van der Waals surface area contributed by atoms with Gasteiger partial charge >= 0.3 is 0 Å². The molecule has 0 radical (unpaired) electrons. The number of aromatic nitrogens is 2. The third-order valence-electron chi connectivity index (χ3n) is 2.87. The molecule has 2 heterocycles. The first-order valence-electron chi connectivity index (χ1n) is 5.29. The minimum absolute atomic E-state index is 0.0157. The van der Waals surface area contributed by atoms with Crippen molar-refractivity contribution in [2.24, 2.45) is 0 Å². The van der Waals surface area contributed by atoms with Gasteiger partial charge in [0.05, 0.1) is 12.7 Å². The number of carbonyl (C=O) groups excluding carboxylic acids is 1. The van der Waals surface area contributed by atoms with Gasteiger partial charge in [0, 0.05) is 18.1 Å². The van der Waals surface area contributed by atoms with Crippen molar-refractivity contribution < 1.29 is 4.79 Å². The van der Waals surface area contributed by atoms with Gasteiger partial charge in [0.1, 0.15) is 5.50 Å². The fourth-order valence-corrected chi connectivity index (χ4v) is 2.38. The zero-order chi connectivity index (χ0) is 11.8. The van der Waals surface area contributed by atoms with Crippen LogP contribution >= 0.6 is 11.6 Å². The van der Waals surface area contributed by atoms with E-state index in [0.29, 0.717) is 6.42 Å². The summed E-state index contributed by atoms with van der Waals surface area (Å²) in [6, 6.07) is 5.73. The Labute approximate surface area is 103 Å². The number of benzene rings is 1. The monoisotopic (exact) mass is 247 g/mol. The number of alkyl halides is 1. The Morgan fingerprint density at radius 3 is 3.12 bits per heavy atom. The lowest BCUT2D eigenvalue weighted by atomic mass is 10.0. The summed E-state index contributed by atoms with van der Waals surface area (Å²) in [7, 11) is 0. The summed E-state index contributed by atoms with van der Waals surface area (Å²) >= 11 is 6.39. The first-order valence-corrected chi connectivity index (χ1v) is 5.72. The SMILES string of the molecule is O=C1Cc2c(cccc2C(Cl)n2ccnc2)N1. The predicted octanol–water partition coefficient (Wildman–Crippen LogP) is 2.16. The van der Waals surface area contributed by atoms with Gasteiger partial charge in [0.15, 0.2) is 0 Å². The van der Waals surface area contributed by atoms with Crippen LogP contribution in [0.15, 0.2) is 36.9 Å². The number of amides is 1. The molecule has 2 aromatic rings. The molecule has 1 aliphatic rings. The van der Waals surface area contributed by atoms with Crippen LogP contribution in [0.4, 0.5) is 5.69 Å². The number of nitrogens with zero attached hydrogens (tertiary/aromatic N) is 2. The number of anilines is 1. The van der Waals surface area contributed by atoms with Gasteiger partial charge in [-0.2, -0.15) is 0 Å². The van der Waals surface area contributed by atoms with Crippen molar-refractivity contribution in [3.05, 3.63) is 48.0 Å². The number of rotatable bonds is 2. The van der Waals surface area contributed by atoms with Crippen molar-refractivity contribution in [2.45, 2.75) is 11.9 Å². The molecule has 86 valence electrons. The van der Waals surface area contributed by atoms with Gasteiger partial charge < -0.3 is 9.88 Å². The molecule has 0 aliphatic carbocycles. The average molecular weight is 248 g/mol. The topological polar surface area (TPSA) is 46.9 Å². The van der Waals surface area contributed by atoms with Crippen LogP contribution < -0.4 is 5.32 Å². The highest BCUT2D eigenvalue weighted by atomic mass is 35.5. The fourth-order valence-electron chi connectivity index (χ4n) is 2.06. The van der Waals surface area contributed by atoms with E-state index in [1.807, 2.05) is 18.2 Å². The number of carbonyl (C=O) groups is 1. The molecular formula is C12H10ClN3O. The van der Waals surface area contributed by atoms with Crippen molar-refractivity contribution in [3.8, 4) is 0 Å². The van der Waals surface area contributed by atoms with E-state index in [1.165, 1.54) is 0 Å². The molecule has 1 unspecified atom stereocenters. The van der Waals surface area contributed by atoms with Crippen LogP contribution in [0.2, 0.25) is 0 Å². The smallest absolute Gasteiger partial charge is 0.228 e. The van der Waals surface area contributed by atoms with Gasteiger partial charge in [-0.1, -0.05) is 23.7 Å². The number of hydrogen-bond acceptors (Lipinski definition) is 2. The number of halogens is 1. The first kappa shape index (κ1) is 10.4. The summed E-state index contributed by atoms with van der Waals surface area (Å²) in [5.74, 6) is 0.0157. The Balaban J connectivity index is 2.05. The van der Waals surface area contributed by atoms with E-state index >= 15 is 0 Å². The van der Waals surface area contributed by atoms with Crippen LogP contribution in [0.25, 0.3) is 0 Å². The van der Waals surface area contributed by atoms with E-state index in [4.69, 9.17) is 11.6 Å². The molecule has 1 atom stereocenters. The standard InChI is InChI=1S/C12H10ClN3O/c13-12(16-5-4-14-7-16)8-2-1-3-10-9(8)6-11(17)15-10/h1-5,7,12H,6H2,(H,15,17). The second-order valence-corrected chi connectivity index (χ2v) is 4.36. The first-order chi connectivity index (χ1) is 8.25. The summed E-state index contributed by atoms with van der Waals surface area (Å²) in [6.07, 6.45) is 5.55. The van der Waals surface area contributed by atoms with Crippen molar-refractivity contribution in [1.29, 1.82) is 0 Å². The molecule has 5 heteroatoms. The van der Waals surface area contributed by atoms with E-state index < -0.39 is 0 Å². The maximum absolute atomic E-state index is 11.4. The summed E-state index contributed by atoms with van der Waals surface area (Å²) in [5, 5.41) is 2.82. The molecule has 1 aliphatic heterocycles. The number of imidazole rings is 1. The third kappa shape index (κ3) is 1.70. The van der Waals surface area contributed by atoms with E-state index in [-0.39, 0.29) is 11.4 Å². The van der Waals surface area contributed by atoms with Gasteiger partial charge in [0.2, 0.25) is 5.91 Å². The van der Waals surface area contributed by atoms with E-state index in [1.54, 1.807) is 23.3 Å². The van der Waals surface area contributed by atoms with Gasteiger partial charge in [-0.15, -0.1) is 0 Å². The Morgan fingerprint density at radius 2 is 2.35 bits per heavy atom. The summed E-state index contributed by atoms with van der Waals surface area (Å²) in [5.41, 5.74) is 2.45. The molecule has 3 rings (SSSR count). The van der Waals surface area contributed by atoms with Crippen LogP contribution in [-0.2, 0) is 11.2 Å². The Bertz CT molecular complexity index is 565. The largest absolute Gasteiger partial charge is 0.326 e. The average Bonchev–Trinajstić information content (AvgIpc) is 2.94. The molecule has 1 N–H and O–H groups in total. The fraction of sp³-hybridized carbons (Fsp3) is 0.167. The molecule has 0 saturated heterocycles. The minimum Gasteiger partial charge on any atom is -0.326 e. The maximum atomic E-state index is 11.4. The van der Waals surface area contributed by atoms with Crippen LogP contribution in [-0.4, -0.2) is 15.5 Å². The molecule has 1 aromatic heterocycles. The van der Waals surface area contributed by atoms with E-state index in [9.17, 15) is 4.79 Å². The van der Waals surface area contributed by atoms with E-state index in [2.05, 4.69) is 10.3 Å². The number of nitrogens with one attached hydrogen (secondary N) is 1. The summed E-state index contributed by atoms with van der Waals surface area (Å²) < 4.78 is 1.81. The normalized spacial score (nSPS) is 15.5. The second kappa shape index (κ2) is 3.89. The molecule has 0 bridgehead atoms. The minimum atomic E-state index is -0.333. The quantitative estimate of drug-likeness (QED) is 0.827. The van der Waals surface area contributed by atoms with Gasteiger partial charge in [-0.25, -0.2) is 4.98 Å². The lowest BCUT2D eigenvalue weighted by Crippen LogP contribution is -2.05. The van der Waals surface area contributed by atoms with Crippen LogP contribution in [0.1, 0.15) is 16.6 Å². The zero-order valence-corrected chi connectivity index (χ0v) is 9.69. The van der Waals surface area contributed by atoms with Crippen molar-refractivity contribution in [1.82, 2.24) is 9.55 Å². The Morgan fingerprint density at radius 1 is 1.47 bits per heavy atom. The van der Waals surface area contributed by atoms with E-state index in [0.717, 1.165) is 16.8 Å². The molecule has 0 saturated carbocycles. The third-order valence-corrected chi connectivity index (χ3v) is 3.33. The number of hydrogen-bond donors (Lipinski definition) is 1. The van der Waals surface area contributed by atoms with Crippen molar-refractivity contribution in [3.63, 3.8) is 0 Å². The van der Waals surface area contributed by atoms with Gasteiger partial charge in [-0.3, -0.25) is 4.79 Å². The lowest BCUT2D eigenvalue weighted by molar-refractivity contribution is -0.115. The Kier molecular flexibility index (Phi) is 2.37. The molecule has 17 heavy (non-hydrogen) atoms. The zero-order valence-electron chi connectivity index (χ0n) is 8.93. The highest BCUT2D eigenvalue weighted by molar-refractivity contribution is 6.21. The van der Waals surface area contributed by atoms with Crippen LogP contribution in [0.3, 0.4) is 0 Å². The molecule has 0 fully saturated rings. The molecular weight excluding hydrogens is 238 g/mol. The molecule has 1 aromatic carbocycles. The number of fused-ring (bicyclic) bond motifs is 1. The molecule has 1 amide bonds. The molecule has 0 spiro atoms.